The lowest BCUT2D eigenvalue weighted by molar-refractivity contribution is -0.132. The molecule has 3 rings (SSSR count). The molecule has 2 fully saturated rings. The van der Waals surface area contributed by atoms with Crippen LogP contribution in [0.4, 0.5) is 4.79 Å². The highest BCUT2D eigenvalue weighted by Crippen LogP contribution is 2.30. The van der Waals surface area contributed by atoms with Crippen LogP contribution < -0.4 is 5.32 Å². The standard InChI is InChI=1S/C15H23N5O2/c1-4-19-8-6-16-12(19)9-18-7-5-15(10-18)13(21)20(11(2)3)14(22)17-15/h6,8,11H,4-5,7,9-10H2,1-3H3,(H,17,22)/t15-/m1/s1. The number of nitrogens with zero attached hydrogens (tertiary/aromatic N) is 4. The molecule has 0 bridgehead atoms. The Bertz CT molecular complexity index is 597. The van der Waals surface area contributed by atoms with Crippen molar-refractivity contribution in [1.82, 2.24) is 24.7 Å². The first-order chi connectivity index (χ1) is 10.5. The fraction of sp³-hybridized carbons (Fsp3) is 0.667. The summed E-state index contributed by atoms with van der Waals surface area (Å²) in [5.74, 6) is 0.908. The van der Waals surface area contributed by atoms with Gasteiger partial charge in [0.25, 0.3) is 5.91 Å². The number of aromatic nitrogens is 2. The van der Waals surface area contributed by atoms with Crippen LogP contribution in [0.15, 0.2) is 12.4 Å². The molecule has 1 N–H and O–H groups in total. The molecule has 3 heterocycles. The second-order valence-electron chi connectivity index (χ2n) is 6.37. The summed E-state index contributed by atoms with van der Waals surface area (Å²) >= 11 is 0. The summed E-state index contributed by atoms with van der Waals surface area (Å²) in [5, 5.41) is 2.92. The molecule has 1 aromatic rings. The third-order valence-corrected chi connectivity index (χ3v) is 4.57. The van der Waals surface area contributed by atoms with Crippen LogP contribution in [0.3, 0.4) is 0 Å². The number of carbonyl (C=O) groups excluding carboxylic acids is 2. The Hall–Kier alpha value is -1.89. The Labute approximate surface area is 130 Å². The number of aryl methyl sites for hydroxylation is 1. The first-order valence-corrected chi connectivity index (χ1v) is 7.85. The van der Waals surface area contributed by atoms with E-state index in [0.717, 1.165) is 18.9 Å². The van der Waals surface area contributed by atoms with Crippen LogP contribution in [0.1, 0.15) is 33.0 Å². The highest BCUT2D eigenvalue weighted by molar-refractivity contribution is 6.07. The number of urea groups is 1. The molecule has 2 aliphatic rings. The van der Waals surface area contributed by atoms with E-state index in [9.17, 15) is 9.59 Å². The maximum Gasteiger partial charge on any atom is 0.325 e. The van der Waals surface area contributed by atoms with Gasteiger partial charge in [0.1, 0.15) is 11.4 Å². The summed E-state index contributed by atoms with van der Waals surface area (Å²) in [6.45, 7) is 8.73. The molecule has 0 aromatic carbocycles. The lowest BCUT2D eigenvalue weighted by atomic mass is 9.98. The third-order valence-electron chi connectivity index (χ3n) is 4.57. The van der Waals surface area contributed by atoms with Crippen LogP contribution in [0.2, 0.25) is 0 Å². The molecule has 0 aliphatic carbocycles. The highest BCUT2D eigenvalue weighted by Gasteiger charge is 2.55. The highest BCUT2D eigenvalue weighted by atomic mass is 16.2. The van der Waals surface area contributed by atoms with Crippen LogP contribution in [0, 0.1) is 0 Å². The van der Waals surface area contributed by atoms with Gasteiger partial charge in [-0.1, -0.05) is 0 Å². The first-order valence-electron chi connectivity index (χ1n) is 7.85. The molecule has 0 radical (unpaired) electrons. The van der Waals surface area contributed by atoms with Crippen LogP contribution >= 0.6 is 0 Å². The van der Waals surface area contributed by atoms with Gasteiger partial charge in [-0.05, 0) is 27.2 Å². The number of hydrogen-bond acceptors (Lipinski definition) is 4. The predicted octanol–water partition coefficient (Wildman–Crippen LogP) is 0.808. The fourth-order valence-corrected chi connectivity index (χ4v) is 3.39. The number of likely N-dealkylation sites (tertiary alicyclic amines) is 1. The van der Waals surface area contributed by atoms with Gasteiger partial charge >= 0.3 is 6.03 Å². The number of nitrogens with one attached hydrogen (secondary N) is 1. The van der Waals surface area contributed by atoms with E-state index < -0.39 is 5.54 Å². The monoisotopic (exact) mass is 305 g/mol. The Morgan fingerprint density at radius 1 is 1.41 bits per heavy atom. The van der Waals surface area contributed by atoms with Crippen molar-refractivity contribution in [3.8, 4) is 0 Å². The molecule has 1 atom stereocenters. The minimum absolute atomic E-state index is 0.0890. The molecule has 3 amide bonds. The van der Waals surface area contributed by atoms with E-state index in [1.807, 2.05) is 20.0 Å². The molecule has 22 heavy (non-hydrogen) atoms. The van der Waals surface area contributed by atoms with Gasteiger partial charge in [0.05, 0.1) is 6.54 Å². The summed E-state index contributed by atoms with van der Waals surface area (Å²) in [5.41, 5.74) is -0.745. The van der Waals surface area contributed by atoms with Crippen molar-refractivity contribution in [2.75, 3.05) is 13.1 Å². The van der Waals surface area contributed by atoms with Gasteiger partial charge in [0.15, 0.2) is 0 Å². The minimum atomic E-state index is -0.745. The summed E-state index contributed by atoms with van der Waals surface area (Å²) < 4.78 is 2.10. The maximum absolute atomic E-state index is 12.6. The summed E-state index contributed by atoms with van der Waals surface area (Å²) in [6.07, 6.45) is 4.42. The second-order valence-corrected chi connectivity index (χ2v) is 6.37. The first kappa shape index (κ1) is 15.0. The van der Waals surface area contributed by atoms with Gasteiger partial charge in [0.2, 0.25) is 0 Å². The van der Waals surface area contributed by atoms with E-state index in [4.69, 9.17) is 0 Å². The van der Waals surface area contributed by atoms with E-state index >= 15 is 0 Å². The van der Waals surface area contributed by atoms with E-state index in [1.54, 1.807) is 6.20 Å². The van der Waals surface area contributed by atoms with Crippen LogP contribution in [-0.2, 0) is 17.9 Å². The van der Waals surface area contributed by atoms with Crippen LogP contribution in [0.5, 0.6) is 0 Å². The quantitative estimate of drug-likeness (QED) is 0.836. The van der Waals surface area contributed by atoms with Gasteiger partial charge < -0.3 is 9.88 Å². The van der Waals surface area contributed by atoms with Gasteiger partial charge in [-0.25, -0.2) is 9.78 Å². The minimum Gasteiger partial charge on any atom is -0.334 e. The topological polar surface area (TPSA) is 70.5 Å². The number of hydrogen-bond donors (Lipinski definition) is 1. The lowest BCUT2D eigenvalue weighted by Crippen LogP contribution is -2.49. The summed E-state index contributed by atoms with van der Waals surface area (Å²) in [6, 6.07) is -0.378. The van der Waals surface area contributed by atoms with Gasteiger partial charge in [-0.15, -0.1) is 0 Å². The van der Waals surface area contributed by atoms with Crippen LogP contribution in [0.25, 0.3) is 0 Å². The smallest absolute Gasteiger partial charge is 0.325 e. The average Bonchev–Trinajstić information content (AvgIpc) is 3.11. The molecule has 120 valence electrons. The van der Waals surface area contributed by atoms with E-state index in [2.05, 4.69) is 26.7 Å². The second kappa shape index (κ2) is 5.39. The number of imide groups is 1. The Balaban J connectivity index is 1.72. The molecule has 1 spiro atoms. The number of amides is 3. The normalized spacial score (nSPS) is 25.7. The van der Waals surface area contributed by atoms with E-state index in [-0.39, 0.29) is 18.0 Å². The molecule has 2 aliphatic heterocycles. The molecular weight excluding hydrogens is 282 g/mol. The van der Waals surface area contributed by atoms with Crippen molar-refractivity contribution >= 4 is 11.9 Å². The summed E-state index contributed by atoms with van der Waals surface area (Å²) in [7, 11) is 0. The number of imidazole rings is 1. The van der Waals surface area contributed by atoms with Crippen molar-refractivity contribution < 1.29 is 9.59 Å². The van der Waals surface area contributed by atoms with Crippen molar-refractivity contribution in [1.29, 1.82) is 0 Å². The molecule has 7 nitrogen and oxygen atoms in total. The third kappa shape index (κ3) is 2.29. The Morgan fingerprint density at radius 3 is 2.82 bits per heavy atom. The van der Waals surface area contributed by atoms with Crippen molar-refractivity contribution in [3.05, 3.63) is 18.2 Å². The molecule has 0 saturated carbocycles. The van der Waals surface area contributed by atoms with Gasteiger partial charge in [-0.3, -0.25) is 14.6 Å². The summed E-state index contributed by atoms with van der Waals surface area (Å²) in [4.78, 5) is 32.6. The van der Waals surface area contributed by atoms with E-state index in [0.29, 0.717) is 19.5 Å². The number of carbonyl (C=O) groups is 2. The van der Waals surface area contributed by atoms with Crippen molar-refractivity contribution in [2.45, 2.75) is 51.9 Å². The fourth-order valence-electron chi connectivity index (χ4n) is 3.39. The zero-order valence-electron chi connectivity index (χ0n) is 13.4. The molecule has 2 saturated heterocycles. The Morgan fingerprint density at radius 2 is 2.18 bits per heavy atom. The Kier molecular flexibility index (Phi) is 3.68. The lowest BCUT2D eigenvalue weighted by Gasteiger charge is -2.23. The molecule has 7 heteroatoms. The average molecular weight is 305 g/mol. The predicted molar refractivity (Wildman–Crippen MR) is 81.0 cm³/mol. The molecule has 0 unspecified atom stereocenters. The SMILES string of the molecule is CCn1ccnc1CN1CC[C@]2(C1)NC(=O)N(C(C)C)C2=O. The maximum atomic E-state index is 12.6. The zero-order valence-corrected chi connectivity index (χ0v) is 13.4. The van der Waals surface area contributed by atoms with Crippen molar-refractivity contribution in [3.63, 3.8) is 0 Å². The zero-order chi connectivity index (χ0) is 15.9. The molecular formula is C15H23N5O2. The van der Waals surface area contributed by atoms with Crippen molar-refractivity contribution in [2.24, 2.45) is 0 Å². The van der Waals surface area contributed by atoms with Crippen LogP contribution in [-0.4, -0.2) is 56.0 Å². The number of rotatable bonds is 4. The molecule has 1 aromatic heterocycles. The largest absolute Gasteiger partial charge is 0.334 e. The van der Waals surface area contributed by atoms with Gasteiger partial charge in [-0.2, -0.15) is 0 Å². The van der Waals surface area contributed by atoms with Gasteiger partial charge in [0, 0.05) is 38.1 Å². The van der Waals surface area contributed by atoms with E-state index in [1.165, 1.54) is 4.90 Å².